The van der Waals surface area contributed by atoms with Gasteiger partial charge in [0.1, 0.15) is 11.8 Å². The molecule has 5 rings (SSSR count). The summed E-state index contributed by atoms with van der Waals surface area (Å²) in [6.45, 7) is 1.28. The van der Waals surface area contributed by atoms with Crippen molar-refractivity contribution in [1.82, 2.24) is 5.32 Å². The fraction of sp³-hybridized carbons (Fsp3) is 0.400. The number of carboxylic acids is 1. The molecule has 7 heteroatoms. The van der Waals surface area contributed by atoms with Crippen LogP contribution in [0.15, 0.2) is 78.9 Å². The molecule has 0 spiro atoms. The van der Waals surface area contributed by atoms with Crippen LogP contribution >= 0.6 is 0 Å². The van der Waals surface area contributed by atoms with Gasteiger partial charge in [0.05, 0.1) is 12.6 Å². The molecule has 2 aliphatic rings. The fourth-order valence-corrected chi connectivity index (χ4v) is 5.81. The topological polar surface area (TPSA) is 105 Å². The summed E-state index contributed by atoms with van der Waals surface area (Å²) in [6.07, 6.45) is 7.79. The van der Waals surface area contributed by atoms with Crippen molar-refractivity contribution in [2.24, 2.45) is 11.8 Å². The maximum absolute atomic E-state index is 13.1. The molecular weight excluding hydrogens is 528 g/mol. The average molecular weight is 569 g/mol. The zero-order valence-electron chi connectivity index (χ0n) is 24.0. The lowest BCUT2D eigenvalue weighted by Gasteiger charge is -2.20. The third kappa shape index (κ3) is 7.85. The van der Waals surface area contributed by atoms with Gasteiger partial charge in [-0.2, -0.15) is 0 Å². The average Bonchev–Trinajstić information content (AvgIpc) is 3.70. The summed E-state index contributed by atoms with van der Waals surface area (Å²) < 4.78 is 5.92. The molecule has 220 valence electrons. The van der Waals surface area contributed by atoms with Crippen LogP contribution in [0.4, 0.5) is 5.69 Å². The Morgan fingerprint density at radius 3 is 2.24 bits per heavy atom. The molecule has 0 aromatic heterocycles. The van der Waals surface area contributed by atoms with Crippen molar-refractivity contribution in [2.45, 2.75) is 63.5 Å². The lowest BCUT2D eigenvalue weighted by Crippen LogP contribution is -2.42. The van der Waals surface area contributed by atoms with Gasteiger partial charge in [0.15, 0.2) is 11.6 Å². The second-order valence-corrected chi connectivity index (χ2v) is 11.5. The Kier molecular flexibility index (Phi) is 10.0. The van der Waals surface area contributed by atoms with Crippen LogP contribution in [0.25, 0.3) is 0 Å². The number of benzene rings is 3. The number of rotatable bonds is 16. The molecule has 3 aromatic rings. The van der Waals surface area contributed by atoms with Gasteiger partial charge in [-0.05, 0) is 74.4 Å². The van der Waals surface area contributed by atoms with E-state index < -0.39 is 12.0 Å². The van der Waals surface area contributed by atoms with Crippen molar-refractivity contribution in [3.05, 3.63) is 95.6 Å². The van der Waals surface area contributed by atoms with E-state index in [1.165, 1.54) is 12.8 Å². The fourth-order valence-electron chi connectivity index (χ4n) is 5.81. The van der Waals surface area contributed by atoms with Crippen molar-refractivity contribution in [2.75, 3.05) is 18.5 Å². The van der Waals surface area contributed by atoms with E-state index in [0.717, 1.165) is 50.0 Å². The number of para-hydroxylation sites is 1. The van der Waals surface area contributed by atoms with Crippen molar-refractivity contribution < 1.29 is 24.2 Å². The highest BCUT2D eigenvalue weighted by atomic mass is 16.5. The minimum Gasteiger partial charge on any atom is -0.494 e. The summed E-state index contributed by atoms with van der Waals surface area (Å²) >= 11 is 0. The molecule has 3 aromatic carbocycles. The molecule has 7 nitrogen and oxygen atoms in total. The molecule has 3 N–H and O–H groups in total. The first-order valence-electron chi connectivity index (χ1n) is 15.2. The van der Waals surface area contributed by atoms with E-state index in [0.29, 0.717) is 35.1 Å². The number of carbonyl (C=O) groups is 3. The Morgan fingerprint density at radius 1 is 0.857 bits per heavy atom. The molecule has 2 unspecified atom stereocenters. The summed E-state index contributed by atoms with van der Waals surface area (Å²) in [4.78, 5) is 38.1. The predicted octanol–water partition coefficient (Wildman–Crippen LogP) is 5.92. The molecule has 0 amide bonds. The number of aliphatic carboxylic acids is 1. The Labute approximate surface area is 247 Å². The van der Waals surface area contributed by atoms with Gasteiger partial charge in [0.25, 0.3) is 0 Å². The van der Waals surface area contributed by atoms with Gasteiger partial charge in [-0.15, -0.1) is 0 Å². The molecule has 0 radical (unpaired) electrons. The highest BCUT2D eigenvalue weighted by Gasteiger charge is 2.39. The Balaban J connectivity index is 1.10. The number of nitrogens with one attached hydrogen (secondary N) is 2. The van der Waals surface area contributed by atoms with E-state index in [4.69, 9.17) is 4.74 Å². The molecule has 0 aliphatic heterocycles. The van der Waals surface area contributed by atoms with E-state index >= 15 is 0 Å². The first kappa shape index (κ1) is 29.5. The molecule has 0 saturated heterocycles. The molecule has 0 heterocycles. The number of hydrogen-bond donors (Lipinski definition) is 3. The summed E-state index contributed by atoms with van der Waals surface area (Å²) in [6, 6.07) is 22.5. The number of carbonyl (C=O) groups excluding carboxylic acids is 2. The van der Waals surface area contributed by atoms with Crippen molar-refractivity contribution in [3.8, 4) is 5.75 Å². The first-order valence-corrected chi connectivity index (χ1v) is 15.2. The zero-order chi connectivity index (χ0) is 29.3. The number of hydrogen-bond acceptors (Lipinski definition) is 6. The number of ether oxygens (including phenoxy) is 1. The largest absolute Gasteiger partial charge is 0.494 e. The second-order valence-electron chi connectivity index (χ2n) is 11.5. The minimum absolute atomic E-state index is 0.00611. The van der Waals surface area contributed by atoms with Crippen LogP contribution < -0.4 is 15.4 Å². The van der Waals surface area contributed by atoms with E-state index in [2.05, 4.69) is 10.6 Å². The van der Waals surface area contributed by atoms with Crippen LogP contribution in [0.5, 0.6) is 5.75 Å². The number of ketones is 2. The van der Waals surface area contributed by atoms with E-state index in [1.807, 2.05) is 30.3 Å². The SMILES string of the molecule is O=C(c1ccccc1)c1ccccc1NC(Cc1ccc(OCCCNC(C(=O)C2CCCC2)C2CC2)cc1)C(=O)O. The monoisotopic (exact) mass is 568 g/mol. The van der Waals surface area contributed by atoms with Gasteiger partial charge in [-0.25, -0.2) is 4.79 Å². The number of carboxylic acid groups (broad SMARTS) is 1. The maximum Gasteiger partial charge on any atom is 0.326 e. The van der Waals surface area contributed by atoms with Crippen LogP contribution in [0.1, 0.15) is 66.4 Å². The summed E-state index contributed by atoms with van der Waals surface area (Å²) in [5, 5.41) is 16.5. The zero-order valence-corrected chi connectivity index (χ0v) is 24.0. The van der Waals surface area contributed by atoms with Gasteiger partial charge in [0.2, 0.25) is 0 Å². The van der Waals surface area contributed by atoms with Gasteiger partial charge < -0.3 is 20.5 Å². The van der Waals surface area contributed by atoms with Gasteiger partial charge >= 0.3 is 5.97 Å². The molecule has 0 bridgehead atoms. The highest BCUT2D eigenvalue weighted by Crippen LogP contribution is 2.36. The van der Waals surface area contributed by atoms with E-state index in [1.54, 1.807) is 48.5 Å². The highest BCUT2D eigenvalue weighted by molar-refractivity contribution is 6.12. The Hall–Kier alpha value is -3.97. The van der Waals surface area contributed by atoms with Crippen LogP contribution in [0, 0.1) is 11.8 Å². The third-order valence-corrected chi connectivity index (χ3v) is 8.31. The third-order valence-electron chi connectivity index (χ3n) is 8.31. The summed E-state index contributed by atoms with van der Waals surface area (Å²) in [5.41, 5.74) is 2.31. The quantitative estimate of drug-likeness (QED) is 0.146. The molecule has 2 aliphatic carbocycles. The number of Topliss-reactive ketones (excluding diaryl/α,β-unsaturated/α-hetero) is 1. The second kappa shape index (κ2) is 14.3. The first-order chi connectivity index (χ1) is 20.5. The van der Waals surface area contributed by atoms with E-state index in [-0.39, 0.29) is 24.2 Å². The van der Waals surface area contributed by atoms with Gasteiger partial charge in [-0.1, -0.05) is 67.4 Å². The predicted molar refractivity (Wildman–Crippen MR) is 163 cm³/mol. The number of anilines is 1. The lowest BCUT2D eigenvalue weighted by molar-refractivity contribution is -0.137. The molecule has 2 atom stereocenters. The molecular formula is C35H40N2O5. The van der Waals surface area contributed by atoms with E-state index in [9.17, 15) is 19.5 Å². The van der Waals surface area contributed by atoms with Gasteiger partial charge in [-0.3, -0.25) is 9.59 Å². The summed E-state index contributed by atoms with van der Waals surface area (Å²) in [7, 11) is 0. The Bertz CT molecular complexity index is 1350. The Morgan fingerprint density at radius 2 is 1.55 bits per heavy atom. The van der Waals surface area contributed by atoms with Crippen LogP contribution in [-0.4, -0.2) is 47.9 Å². The minimum atomic E-state index is -0.999. The van der Waals surface area contributed by atoms with Crippen molar-refractivity contribution in [3.63, 3.8) is 0 Å². The van der Waals surface area contributed by atoms with Crippen molar-refractivity contribution >= 4 is 23.2 Å². The smallest absolute Gasteiger partial charge is 0.326 e. The van der Waals surface area contributed by atoms with Crippen LogP contribution in [-0.2, 0) is 16.0 Å². The standard InChI is InChI=1S/C35H40N2O5/c38-33(26-9-2-1-3-10-26)29-13-6-7-14-30(29)37-31(35(40)41)23-24-15-19-28(20-16-24)42-22-8-21-36-32(25-17-18-25)34(39)27-11-4-5-12-27/h1-3,6-7,9-10,13-16,19-20,25,27,31-32,36-37H,4-5,8,11-12,17-18,21-23H2,(H,40,41). The van der Waals surface area contributed by atoms with Crippen LogP contribution in [0.3, 0.4) is 0 Å². The molecule has 2 saturated carbocycles. The molecule has 2 fully saturated rings. The van der Waals surface area contributed by atoms with Gasteiger partial charge in [0, 0.05) is 29.2 Å². The maximum atomic E-state index is 13.1. The lowest BCUT2D eigenvalue weighted by atomic mass is 9.94. The summed E-state index contributed by atoms with van der Waals surface area (Å²) in [5.74, 6) is 0.739. The molecule has 42 heavy (non-hydrogen) atoms. The van der Waals surface area contributed by atoms with Crippen molar-refractivity contribution in [1.29, 1.82) is 0 Å². The van der Waals surface area contributed by atoms with Crippen LogP contribution in [0.2, 0.25) is 0 Å². The normalized spacial score (nSPS) is 16.5.